The fourth-order valence-corrected chi connectivity index (χ4v) is 2.19. The lowest BCUT2D eigenvalue weighted by Gasteiger charge is -2.07. The summed E-state index contributed by atoms with van der Waals surface area (Å²) in [4.78, 5) is 12.2. The van der Waals surface area contributed by atoms with Gasteiger partial charge in [-0.15, -0.1) is 0 Å². The molecule has 0 radical (unpaired) electrons. The van der Waals surface area contributed by atoms with Crippen LogP contribution in [0.15, 0.2) is 28.9 Å². The van der Waals surface area contributed by atoms with Crippen LogP contribution in [0.4, 0.5) is 11.4 Å². The Bertz CT molecular complexity index is 639. The maximum Gasteiger partial charge on any atom is 0.278 e. The third kappa shape index (κ3) is 3.11. The Morgan fingerprint density at radius 3 is 2.85 bits per heavy atom. The first-order chi connectivity index (χ1) is 9.53. The topological polar surface area (TPSA) is 82.2 Å². The Hall–Kier alpha value is -2.02. The summed E-state index contributed by atoms with van der Waals surface area (Å²) in [6.45, 7) is 2.58. The first kappa shape index (κ1) is 14.4. The number of nitrogen functional groups attached to an aromatic ring is 1. The van der Waals surface area contributed by atoms with Crippen LogP contribution in [0.3, 0.4) is 0 Å². The van der Waals surface area contributed by atoms with Gasteiger partial charge in [0.2, 0.25) is 0 Å². The van der Waals surface area contributed by atoms with Gasteiger partial charge in [-0.05, 0) is 19.1 Å². The van der Waals surface area contributed by atoms with E-state index in [1.807, 2.05) is 6.92 Å². The van der Waals surface area contributed by atoms with E-state index in [9.17, 15) is 4.79 Å². The van der Waals surface area contributed by atoms with Crippen LogP contribution in [0.1, 0.15) is 17.4 Å². The van der Waals surface area contributed by atoms with Crippen molar-refractivity contribution < 1.29 is 9.53 Å². The summed E-state index contributed by atoms with van der Waals surface area (Å²) in [7, 11) is 1.56. The van der Waals surface area contributed by atoms with Gasteiger partial charge in [0.05, 0.1) is 12.8 Å². The fraction of sp³-hybridized carbons (Fsp3) is 0.231. The van der Waals surface area contributed by atoms with E-state index in [-0.39, 0.29) is 11.6 Å². The number of anilines is 2. The number of nitrogens with one attached hydrogen (secondary N) is 1. The average Bonchev–Trinajstić information content (AvgIpc) is 2.79. The lowest BCUT2D eigenvalue weighted by atomic mass is 10.3. The van der Waals surface area contributed by atoms with E-state index in [1.54, 1.807) is 36.2 Å². The van der Waals surface area contributed by atoms with Gasteiger partial charge in [-0.1, -0.05) is 15.9 Å². The number of aromatic nitrogens is 2. The van der Waals surface area contributed by atoms with Crippen molar-refractivity contribution in [1.29, 1.82) is 0 Å². The summed E-state index contributed by atoms with van der Waals surface area (Å²) in [5.41, 5.74) is 6.95. The Morgan fingerprint density at radius 1 is 1.50 bits per heavy atom. The van der Waals surface area contributed by atoms with Crippen molar-refractivity contribution in [3.8, 4) is 5.75 Å². The van der Waals surface area contributed by atoms with Crippen molar-refractivity contribution in [3.63, 3.8) is 0 Å². The van der Waals surface area contributed by atoms with Gasteiger partial charge in [0.25, 0.3) is 5.91 Å². The molecule has 0 saturated heterocycles. The molecular formula is C13H15BrN4O2. The molecule has 0 aliphatic carbocycles. The zero-order valence-corrected chi connectivity index (χ0v) is 12.8. The number of hydrogen-bond acceptors (Lipinski definition) is 4. The highest BCUT2D eigenvalue weighted by Crippen LogP contribution is 2.25. The minimum Gasteiger partial charge on any atom is -0.497 e. The molecule has 0 atom stereocenters. The molecule has 0 spiro atoms. The van der Waals surface area contributed by atoms with Crippen molar-refractivity contribution >= 4 is 33.2 Å². The lowest BCUT2D eigenvalue weighted by Crippen LogP contribution is -2.14. The number of amides is 1. The molecule has 106 valence electrons. The molecule has 1 amide bonds. The minimum atomic E-state index is -0.352. The first-order valence-electron chi connectivity index (χ1n) is 6.02. The molecule has 6 nitrogen and oxygen atoms in total. The molecule has 1 aromatic carbocycles. The van der Waals surface area contributed by atoms with Gasteiger partial charge in [0.1, 0.15) is 5.75 Å². The number of benzene rings is 1. The van der Waals surface area contributed by atoms with Crippen LogP contribution in [0, 0.1) is 0 Å². The molecule has 0 aliphatic heterocycles. The predicted octanol–water partition coefficient (Wildman–Crippen LogP) is 2.51. The molecule has 0 bridgehead atoms. The molecule has 0 unspecified atom stereocenters. The van der Waals surface area contributed by atoms with Crippen LogP contribution in [0.5, 0.6) is 5.75 Å². The molecule has 2 rings (SSSR count). The number of rotatable bonds is 4. The van der Waals surface area contributed by atoms with Gasteiger partial charge in [-0.25, -0.2) is 0 Å². The zero-order valence-electron chi connectivity index (χ0n) is 11.2. The first-order valence-corrected chi connectivity index (χ1v) is 6.81. The highest BCUT2D eigenvalue weighted by Gasteiger charge is 2.15. The highest BCUT2D eigenvalue weighted by molar-refractivity contribution is 9.10. The van der Waals surface area contributed by atoms with Gasteiger partial charge in [-0.2, -0.15) is 5.10 Å². The maximum absolute atomic E-state index is 12.2. The monoisotopic (exact) mass is 338 g/mol. The summed E-state index contributed by atoms with van der Waals surface area (Å²) < 4.78 is 7.56. The number of carbonyl (C=O) groups excluding carboxylic acids is 1. The smallest absolute Gasteiger partial charge is 0.278 e. The second kappa shape index (κ2) is 5.96. The van der Waals surface area contributed by atoms with E-state index in [0.29, 0.717) is 23.7 Å². The van der Waals surface area contributed by atoms with Gasteiger partial charge >= 0.3 is 0 Å². The number of aryl methyl sites for hydroxylation is 1. The van der Waals surface area contributed by atoms with Crippen molar-refractivity contribution in [1.82, 2.24) is 9.78 Å². The number of carbonyl (C=O) groups is 1. The van der Waals surface area contributed by atoms with Crippen molar-refractivity contribution in [3.05, 3.63) is 34.6 Å². The molecule has 1 aromatic heterocycles. The fourth-order valence-electron chi connectivity index (χ4n) is 1.72. The normalized spacial score (nSPS) is 10.3. The van der Waals surface area contributed by atoms with E-state index in [4.69, 9.17) is 10.5 Å². The number of hydrogen-bond donors (Lipinski definition) is 2. The predicted molar refractivity (Wildman–Crippen MR) is 81.0 cm³/mol. The van der Waals surface area contributed by atoms with E-state index in [0.717, 1.165) is 4.47 Å². The summed E-state index contributed by atoms with van der Waals surface area (Å²) >= 11 is 3.35. The Balaban J connectivity index is 2.22. The standard InChI is InChI=1S/C13H15BrN4O2/c1-3-18-7-11(15)12(17-18)13(19)16-9-4-8(14)5-10(6-9)20-2/h4-7H,3,15H2,1-2H3,(H,16,19). The number of nitrogens with two attached hydrogens (primary N) is 1. The van der Waals surface area contributed by atoms with Crippen molar-refractivity contribution in [2.45, 2.75) is 13.5 Å². The number of nitrogens with zero attached hydrogens (tertiary/aromatic N) is 2. The molecule has 7 heteroatoms. The Morgan fingerprint density at radius 2 is 2.25 bits per heavy atom. The molecule has 20 heavy (non-hydrogen) atoms. The van der Waals surface area contributed by atoms with Gasteiger partial charge in [0.15, 0.2) is 5.69 Å². The molecule has 0 fully saturated rings. The van der Waals surface area contributed by atoms with E-state index < -0.39 is 0 Å². The van der Waals surface area contributed by atoms with Crippen LogP contribution in [-0.2, 0) is 6.54 Å². The van der Waals surface area contributed by atoms with Crippen LogP contribution in [0.2, 0.25) is 0 Å². The lowest BCUT2D eigenvalue weighted by molar-refractivity contribution is 0.102. The Kier molecular flexibility index (Phi) is 4.29. The highest BCUT2D eigenvalue weighted by atomic mass is 79.9. The number of ether oxygens (including phenoxy) is 1. The summed E-state index contributed by atoms with van der Waals surface area (Å²) in [5, 5.41) is 6.87. The third-order valence-corrected chi connectivity index (χ3v) is 3.15. The van der Waals surface area contributed by atoms with Crippen LogP contribution in [-0.4, -0.2) is 22.8 Å². The molecule has 2 aromatic rings. The SMILES string of the molecule is CCn1cc(N)c(C(=O)Nc2cc(Br)cc(OC)c2)n1. The van der Waals surface area contributed by atoms with E-state index >= 15 is 0 Å². The maximum atomic E-state index is 12.2. The summed E-state index contributed by atoms with van der Waals surface area (Å²) in [5.74, 6) is 0.289. The van der Waals surface area contributed by atoms with Crippen LogP contribution in [0.25, 0.3) is 0 Å². The summed E-state index contributed by atoms with van der Waals surface area (Å²) in [6.07, 6.45) is 1.64. The van der Waals surface area contributed by atoms with Crippen LogP contribution < -0.4 is 15.8 Å². The second-order valence-electron chi connectivity index (χ2n) is 4.12. The third-order valence-electron chi connectivity index (χ3n) is 2.69. The molecule has 0 aliphatic rings. The average molecular weight is 339 g/mol. The molecular weight excluding hydrogens is 324 g/mol. The van der Waals surface area contributed by atoms with Gasteiger partial charge < -0.3 is 15.8 Å². The van der Waals surface area contributed by atoms with Gasteiger partial charge in [-0.3, -0.25) is 9.48 Å². The molecule has 3 N–H and O–H groups in total. The van der Waals surface area contributed by atoms with E-state index in [2.05, 4.69) is 26.3 Å². The largest absolute Gasteiger partial charge is 0.497 e. The second-order valence-corrected chi connectivity index (χ2v) is 5.04. The van der Waals surface area contributed by atoms with Crippen LogP contribution >= 0.6 is 15.9 Å². The molecule has 0 saturated carbocycles. The van der Waals surface area contributed by atoms with Crippen molar-refractivity contribution in [2.75, 3.05) is 18.2 Å². The minimum absolute atomic E-state index is 0.214. The zero-order chi connectivity index (χ0) is 14.7. The Labute approximate surface area is 125 Å². The summed E-state index contributed by atoms with van der Waals surface area (Å²) in [6, 6.07) is 5.29. The number of methoxy groups -OCH3 is 1. The van der Waals surface area contributed by atoms with Crippen molar-refractivity contribution in [2.24, 2.45) is 0 Å². The molecule has 1 heterocycles. The quantitative estimate of drug-likeness (QED) is 0.897. The van der Waals surface area contributed by atoms with Gasteiger partial charge in [0, 0.05) is 29.0 Å². The number of halogens is 1. The van der Waals surface area contributed by atoms with E-state index in [1.165, 1.54) is 0 Å².